The monoisotopic (exact) mass is 350 g/mol. The molecule has 1 atom stereocenters. The topological polar surface area (TPSA) is 43.4 Å². The number of methoxy groups -OCH3 is 2. The van der Waals surface area contributed by atoms with Gasteiger partial charge in [-0.1, -0.05) is 13.0 Å². The van der Waals surface area contributed by atoms with Crippen LogP contribution in [0.5, 0.6) is 11.5 Å². The summed E-state index contributed by atoms with van der Waals surface area (Å²) in [7, 11) is 3.28. The van der Waals surface area contributed by atoms with Crippen molar-refractivity contribution in [2.45, 2.75) is 13.0 Å². The minimum absolute atomic E-state index is 0.0554. The molecular formula is C16H19BrN2O2. The third-order valence-electron chi connectivity index (χ3n) is 3.21. The number of nitrogens with zero attached hydrogens (tertiary/aromatic N) is 1. The quantitative estimate of drug-likeness (QED) is 0.864. The first kappa shape index (κ1) is 15.8. The predicted molar refractivity (Wildman–Crippen MR) is 87.0 cm³/mol. The Labute approximate surface area is 133 Å². The van der Waals surface area contributed by atoms with Gasteiger partial charge in [0.05, 0.1) is 20.3 Å². The molecule has 4 nitrogen and oxygen atoms in total. The molecule has 0 amide bonds. The average Bonchev–Trinajstić information content (AvgIpc) is 2.52. The highest BCUT2D eigenvalue weighted by Crippen LogP contribution is 2.32. The highest BCUT2D eigenvalue weighted by atomic mass is 79.9. The van der Waals surface area contributed by atoms with Gasteiger partial charge in [0.15, 0.2) is 11.5 Å². The molecule has 0 radical (unpaired) electrons. The van der Waals surface area contributed by atoms with E-state index in [0.29, 0.717) is 0 Å². The van der Waals surface area contributed by atoms with E-state index in [0.717, 1.165) is 33.6 Å². The first-order chi connectivity index (χ1) is 10.2. The summed E-state index contributed by atoms with van der Waals surface area (Å²) < 4.78 is 11.6. The van der Waals surface area contributed by atoms with Gasteiger partial charge in [-0.15, -0.1) is 0 Å². The molecular weight excluding hydrogens is 332 g/mol. The molecule has 2 rings (SSSR count). The minimum Gasteiger partial charge on any atom is -0.493 e. The van der Waals surface area contributed by atoms with E-state index >= 15 is 0 Å². The summed E-state index contributed by atoms with van der Waals surface area (Å²) in [6, 6.07) is 8.07. The summed E-state index contributed by atoms with van der Waals surface area (Å²) in [6.07, 6.45) is 3.65. The number of halogens is 1. The summed E-state index contributed by atoms with van der Waals surface area (Å²) in [4.78, 5) is 4.25. The molecule has 1 aromatic heterocycles. The van der Waals surface area contributed by atoms with Gasteiger partial charge in [-0.25, -0.2) is 0 Å². The van der Waals surface area contributed by atoms with Crippen molar-refractivity contribution >= 4 is 15.9 Å². The first-order valence-electron chi connectivity index (χ1n) is 6.75. The van der Waals surface area contributed by atoms with E-state index in [4.69, 9.17) is 9.47 Å². The third kappa shape index (κ3) is 3.74. The van der Waals surface area contributed by atoms with Crippen molar-refractivity contribution in [2.75, 3.05) is 20.8 Å². The van der Waals surface area contributed by atoms with Crippen molar-refractivity contribution in [1.29, 1.82) is 0 Å². The van der Waals surface area contributed by atoms with Gasteiger partial charge in [0, 0.05) is 16.9 Å². The molecule has 0 bridgehead atoms. The molecule has 1 unspecified atom stereocenters. The number of pyridine rings is 1. The first-order valence-corrected chi connectivity index (χ1v) is 7.54. The molecule has 0 saturated carbocycles. The fraction of sp³-hybridized carbons (Fsp3) is 0.312. The van der Waals surface area contributed by atoms with Crippen LogP contribution in [0.3, 0.4) is 0 Å². The van der Waals surface area contributed by atoms with Gasteiger partial charge in [0.2, 0.25) is 0 Å². The van der Waals surface area contributed by atoms with Gasteiger partial charge >= 0.3 is 0 Å². The van der Waals surface area contributed by atoms with E-state index in [1.54, 1.807) is 20.4 Å². The van der Waals surface area contributed by atoms with Gasteiger partial charge in [0.25, 0.3) is 0 Å². The van der Waals surface area contributed by atoms with Gasteiger partial charge < -0.3 is 14.8 Å². The second-order valence-corrected chi connectivity index (χ2v) is 5.46. The molecule has 2 aromatic rings. The van der Waals surface area contributed by atoms with Crippen LogP contribution in [0.2, 0.25) is 0 Å². The lowest BCUT2D eigenvalue weighted by Crippen LogP contribution is -2.22. The van der Waals surface area contributed by atoms with Crippen LogP contribution in [0.25, 0.3) is 0 Å². The van der Waals surface area contributed by atoms with Crippen LogP contribution in [0.1, 0.15) is 24.1 Å². The molecule has 0 saturated heterocycles. The Morgan fingerprint density at radius 3 is 2.48 bits per heavy atom. The SMILES string of the molecule is CCNC(c1cncc(Br)c1)c1ccc(OC)c(OC)c1. The summed E-state index contributed by atoms with van der Waals surface area (Å²) >= 11 is 3.47. The van der Waals surface area contributed by atoms with Crippen molar-refractivity contribution in [1.82, 2.24) is 10.3 Å². The van der Waals surface area contributed by atoms with E-state index < -0.39 is 0 Å². The van der Waals surface area contributed by atoms with E-state index in [1.807, 2.05) is 24.4 Å². The van der Waals surface area contributed by atoms with Crippen LogP contribution in [0.15, 0.2) is 41.1 Å². The van der Waals surface area contributed by atoms with Gasteiger partial charge in [-0.05, 0) is 51.8 Å². The Balaban J connectivity index is 2.43. The maximum atomic E-state index is 5.39. The van der Waals surface area contributed by atoms with E-state index in [2.05, 4.69) is 39.2 Å². The third-order valence-corrected chi connectivity index (χ3v) is 3.64. The van der Waals surface area contributed by atoms with Crippen LogP contribution in [-0.2, 0) is 0 Å². The Hall–Kier alpha value is -1.59. The molecule has 1 heterocycles. The molecule has 1 N–H and O–H groups in total. The summed E-state index contributed by atoms with van der Waals surface area (Å²) in [6.45, 7) is 2.94. The largest absolute Gasteiger partial charge is 0.493 e. The maximum Gasteiger partial charge on any atom is 0.161 e. The van der Waals surface area contributed by atoms with Crippen LogP contribution < -0.4 is 14.8 Å². The number of aromatic nitrogens is 1. The summed E-state index contributed by atoms with van der Waals surface area (Å²) in [5.41, 5.74) is 2.20. The highest BCUT2D eigenvalue weighted by molar-refractivity contribution is 9.10. The van der Waals surface area contributed by atoms with Crippen LogP contribution in [0, 0.1) is 0 Å². The summed E-state index contributed by atoms with van der Waals surface area (Å²) in [5, 5.41) is 3.47. The van der Waals surface area contributed by atoms with Crippen molar-refractivity contribution < 1.29 is 9.47 Å². The molecule has 112 valence electrons. The fourth-order valence-corrected chi connectivity index (χ4v) is 2.63. The molecule has 5 heteroatoms. The standard InChI is InChI=1S/C16H19BrN2O2/c1-4-19-16(12-7-13(17)10-18-9-12)11-5-6-14(20-2)15(8-11)21-3/h5-10,16,19H,4H2,1-3H3. The Morgan fingerprint density at radius 2 is 1.86 bits per heavy atom. The van der Waals surface area contributed by atoms with E-state index in [1.165, 1.54) is 0 Å². The zero-order valence-corrected chi connectivity index (χ0v) is 14.0. The summed E-state index contributed by atoms with van der Waals surface area (Å²) in [5.74, 6) is 1.45. The van der Waals surface area contributed by atoms with E-state index in [-0.39, 0.29) is 6.04 Å². The number of benzene rings is 1. The molecule has 1 aromatic carbocycles. The zero-order valence-electron chi connectivity index (χ0n) is 12.4. The number of hydrogen-bond acceptors (Lipinski definition) is 4. The Bertz CT molecular complexity index is 605. The molecule has 21 heavy (non-hydrogen) atoms. The second kappa shape index (κ2) is 7.43. The molecule has 0 spiro atoms. The van der Waals surface area contributed by atoms with Gasteiger partial charge in [-0.3, -0.25) is 4.98 Å². The molecule has 0 aliphatic carbocycles. The molecule has 0 aliphatic heterocycles. The van der Waals surface area contributed by atoms with Crippen LogP contribution >= 0.6 is 15.9 Å². The lowest BCUT2D eigenvalue weighted by molar-refractivity contribution is 0.354. The fourth-order valence-electron chi connectivity index (χ4n) is 2.25. The lowest BCUT2D eigenvalue weighted by Gasteiger charge is -2.20. The Morgan fingerprint density at radius 1 is 1.10 bits per heavy atom. The van der Waals surface area contributed by atoms with Crippen molar-refractivity contribution in [3.63, 3.8) is 0 Å². The van der Waals surface area contributed by atoms with Gasteiger partial charge in [0.1, 0.15) is 0 Å². The van der Waals surface area contributed by atoms with Crippen molar-refractivity contribution in [3.8, 4) is 11.5 Å². The zero-order chi connectivity index (χ0) is 15.2. The number of nitrogens with one attached hydrogen (secondary N) is 1. The maximum absolute atomic E-state index is 5.39. The minimum atomic E-state index is 0.0554. The van der Waals surface area contributed by atoms with Crippen molar-refractivity contribution in [2.24, 2.45) is 0 Å². The number of hydrogen-bond donors (Lipinski definition) is 1. The lowest BCUT2D eigenvalue weighted by atomic mass is 9.99. The van der Waals surface area contributed by atoms with Gasteiger partial charge in [-0.2, -0.15) is 0 Å². The Kier molecular flexibility index (Phi) is 5.59. The molecule has 0 aliphatic rings. The molecule has 0 fully saturated rings. The second-order valence-electron chi connectivity index (χ2n) is 4.54. The van der Waals surface area contributed by atoms with Crippen LogP contribution in [-0.4, -0.2) is 25.7 Å². The van der Waals surface area contributed by atoms with Crippen molar-refractivity contribution in [3.05, 3.63) is 52.3 Å². The normalized spacial score (nSPS) is 12.0. The number of ether oxygens (including phenoxy) is 2. The van der Waals surface area contributed by atoms with Crippen LogP contribution in [0.4, 0.5) is 0 Å². The smallest absolute Gasteiger partial charge is 0.161 e. The predicted octanol–water partition coefficient (Wildman–Crippen LogP) is 3.56. The number of rotatable bonds is 6. The van der Waals surface area contributed by atoms with E-state index in [9.17, 15) is 0 Å². The average molecular weight is 351 g/mol. The highest BCUT2D eigenvalue weighted by Gasteiger charge is 2.16.